The van der Waals surface area contributed by atoms with Crippen LogP contribution in [0.2, 0.25) is 0 Å². The van der Waals surface area contributed by atoms with E-state index in [0.717, 1.165) is 43.9 Å². The van der Waals surface area contributed by atoms with Crippen LogP contribution in [-0.2, 0) is 56.8 Å². The van der Waals surface area contributed by atoms with Gasteiger partial charge in [0.05, 0.1) is 0 Å². The SMILES string of the molecule is C1=CC(C2OCO2)CC1.C1=CC(C2OCO2)CCC1.C1=CC2CC1CC2C1OCO1.C1=CCC(C2OCO2)C1.C1=CCC(C2OCO2)CC1.CC1(C2OCO2)CC=CC1. The predicted octanol–water partition coefficient (Wildman–Crippen LogP) is 9.11. The summed E-state index contributed by atoms with van der Waals surface area (Å²) >= 11 is 0. The van der Waals surface area contributed by atoms with Crippen LogP contribution in [-0.4, -0.2) is 78.5 Å². The smallest absolute Gasteiger partial charge is 0.169 e. The quantitative estimate of drug-likeness (QED) is 0.238. The van der Waals surface area contributed by atoms with Crippen molar-refractivity contribution < 1.29 is 56.8 Å². The van der Waals surface area contributed by atoms with E-state index in [1.807, 2.05) is 0 Å². The summed E-state index contributed by atoms with van der Waals surface area (Å²) in [5.74, 6) is 4.56. The summed E-state index contributed by atoms with van der Waals surface area (Å²) in [7, 11) is 0. The maximum absolute atomic E-state index is 5.31. The molecule has 7 fully saturated rings. The van der Waals surface area contributed by atoms with Crippen molar-refractivity contribution in [1.82, 2.24) is 0 Å². The summed E-state index contributed by atoms with van der Waals surface area (Å²) in [6.07, 6.45) is 44.0. The molecule has 12 nitrogen and oxygen atoms in total. The molecule has 0 amide bonds. The lowest BCUT2D eigenvalue weighted by Gasteiger charge is -2.39. The first-order valence-electron chi connectivity index (χ1n) is 22.5. The zero-order valence-corrected chi connectivity index (χ0v) is 35.0. The Balaban J connectivity index is 0.0000000986. The van der Waals surface area contributed by atoms with Gasteiger partial charge in [0, 0.05) is 35.0 Å². The van der Waals surface area contributed by atoms with Crippen LogP contribution in [0.15, 0.2) is 72.9 Å². The molecule has 13 aliphatic rings. The standard InChI is InChI=1S/C9H12O2.3C8H12O2.2C7H10O2/c1-2-7-3-6(1)4-8(7)9-10-5-11-9;1-8(4-2-3-5-8)7-9-6-10-7;2*1-2-4-7(5-3-1)8-9-6-10-8;2*1-2-4-6(3-1)7-8-5-9-7/h1-2,6-9H,3-5H2;2-3,7H,4-6H2,1H3;2,4,7-8H,1,3,5-6H2;1-2,7-8H,3-6H2;1,3,6-7H,2,4-5H2;1-2,6-7H,3-5H2. The van der Waals surface area contributed by atoms with Crippen molar-refractivity contribution >= 4 is 0 Å². The molecule has 1 saturated carbocycles. The van der Waals surface area contributed by atoms with E-state index in [1.165, 1.54) is 57.8 Å². The van der Waals surface area contributed by atoms with Gasteiger partial charge < -0.3 is 56.8 Å². The Bertz CT molecular complexity index is 1420. The van der Waals surface area contributed by atoms with Crippen LogP contribution >= 0.6 is 0 Å². The summed E-state index contributed by atoms with van der Waals surface area (Å²) < 4.78 is 62.5. The normalized spacial score (nSPS) is 35.3. The van der Waals surface area contributed by atoms with Gasteiger partial charge in [0.15, 0.2) is 78.5 Å². The summed E-state index contributed by atoms with van der Waals surface area (Å²) in [5, 5.41) is 0. The fraction of sp³-hybridized carbons (Fsp3) is 0.745. The molecule has 6 aliphatic heterocycles. The van der Waals surface area contributed by atoms with Crippen molar-refractivity contribution in [3.8, 4) is 0 Å². The fourth-order valence-corrected chi connectivity index (χ4v) is 9.55. The second-order valence-electron chi connectivity index (χ2n) is 17.8. The van der Waals surface area contributed by atoms with Crippen molar-refractivity contribution in [3.05, 3.63) is 72.9 Å². The van der Waals surface area contributed by atoms with Gasteiger partial charge in [0.25, 0.3) is 0 Å². The molecule has 328 valence electrons. The third kappa shape index (κ3) is 12.1. The molecule has 6 unspecified atom stereocenters. The highest BCUT2D eigenvalue weighted by Gasteiger charge is 2.44. The van der Waals surface area contributed by atoms with Gasteiger partial charge in [-0.2, -0.15) is 0 Å². The van der Waals surface area contributed by atoms with Gasteiger partial charge in [-0.25, -0.2) is 0 Å². The Morgan fingerprint density at radius 1 is 0.407 bits per heavy atom. The third-order valence-electron chi connectivity index (χ3n) is 13.5. The molecule has 0 aromatic heterocycles. The second kappa shape index (κ2) is 22.4. The third-order valence-corrected chi connectivity index (χ3v) is 13.5. The Kier molecular flexibility index (Phi) is 16.5. The number of hydrogen-bond donors (Lipinski definition) is 0. The van der Waals surface area contributed by atoms with E-state index in [1.54, 1.807) is 0 Å². The van der Waals surface area contributed by atoms with Crippen LogP contribution in [0, 0.1) is 46.8 Å². The molecule has 6 saturated heterocycles. The molecular weight excluding hydrogens is 757 g/mol. The lowest BCUT2D eigenvalue weighted by atomic mass is 9.87. The van der Waals surface area contributed by atoms with Gasteiger partial charge in [0.1, 0.15) is 0 Å². The Morgan fingerprint density at radius 2 is 0.932 bits per heavy atom. The van der Waals surface area contributed by atoms with Crippen molar-refractivity contribution in [1.29, 1.82) is 0 Å². The molecule has 0 spiro atoms. The summed E-state index contributed by atoms with van der Waals surface area (Å²) in [4.78, 5) is 0. The molecular formula is C47H68O12. The van der Waals surface area contributed by atoms with Crippen LogP contribution in [0.5, 0.6) is 0 Å². The Labute approximate surface area is 351 Å². The lowest BCUT2D eigenvalue weighted by Crippen LogP contribution is -2.43. The minimum atomic E-state index is 0.0579. The first kappa shape index (κ1) is 43.6. The number of ether oxygens (including phenoxy) is 12. The monoisotopic (exact) mass is 824 g/mol. The van der Waals surface area contributed by atoms with Crippen LogP contribution < -0.4 is 0 Å². The second-order valence-corrected chi connectivity index (χ2v) is 17.8. The minimum absolute atomic E-state index is 0.0579. The molecule has 0 aromatic carbocycles. The number of fused-ring (bicyclic) bond motifs is 2. The van der Waals surface area contributed by atoms with Crippen LogP contribution in [0.1, 0.15) is 96.8 Å². The van der Waals surface area contributed by atoms with E-state index in [0.29, 0.717) is 70.3 Å². The van der Waals surface area contributed by atoms with Crippen molar-refractivity contribution in [2.45, 2.75) is 135 Å². The molecule has 7 aliphatic carbocycles. The predicted molar refractivity (Wildman–Crippen MR) is 217 cm³/mol. The molecule has 12 heteroatoms. The minimum Gasteiger partial charge on any atom is -0.326 e. The Morgan fingerprint density at radius 3 is 1.36 bits per heavy atom. The molecule has 6 heterocycles. The van der Waals surface area contributed by atoms with Gasteiger partial charge >= 0.3 is 0 Å². The molecule has 6 atom stereocenters. The average Bonchev–Trinajstić information content (AvgIpc) is 3.98. The van der Waals surface area contributed by atoms with Gasteiger partial charge in [-0.1, -0.05) is 79.8 Å². The van der Waals surface area contributed by atoms with Crippen LogP contribution in [0.3, 0.4) is 0 Å². The molecule has 59 heavy (non-hydrogen) atoms. The van der Waals surface area contributed by atoms with E-state index in [9.17, 15) is 0 Å². The fourth-order valence-electron chi connectivity index (χ4n) is 9.55. The van der Waals surface area contributed by atoms with Gasteiger partial charge in [-0.3, -0.25) is 0 Å². The zero-order chi connectivity index (χ0) is 40.1. The van der Waals surface area contributed by atoms with E-state index >= 15 is 0 Å². The lowest BCUT2D eigenvalue weighted by molar-refractivity contribution is -0.358. The Hall–Kier alpha value is -2.04. The largest absolute Gasteiger partial charge is 0.326 e. The molecule has 0 radical (unpaired) electrons. The van der Waals surface area contributed by atoms with E-state index in [-0.39, 0.29) is 43.2 Å². The number of allylic oxidation sites excluding steroid dienone is 10. The summed E-state index contributed by atoms with van der Waals surface area (Å²) in [6, 6.07) is 0. The maximum Gasteiger partial charge on any atom is 0.169 e. The number of hydrogen-bond acceptors (Lipinski definition) is 12. The highest BCUT2D eigenvalue weighted by Crippen LogP contribution is 2.47. The highest BCUT2D eigenvalue weighted by molar-refractivity contribution is 5.11. The van der Waals surface area contributed by atoms with E-state index in [2.05, 4.69) is 79.8 Å². The molecule has 0 aromatic rings. The van der Waals surface area contributed by atoms with E-state index in [4.69, 9.17) is 56.8 Å². The first-order chi connectivity index (χ1) is 29.1. The van der Waals surface area contributed by atoms with Crippen LogP contribution in [0.4, 0.5) is 0 Å². The topological polar surface area (TPSA) is 111 Å². The number of rotatable bonds is 6. The van der Waals surface area contributed by atoms with E-state index < -0.39 is 0 Å². The highest BCUT2D eigenvalue weighted by atomic mass is 16.9. The van der Waals surface area contributed by atoms with Crippen molar-refractivity contribution in [2.75, 3.05) is 40.8 Å². The summed E-state index contributed by atoms with van der Waals surface area (Å²) in [5.41, 5.74) is 0.234. The van der Waals surface area contributed by atoms with Gasteiger partial charge in [-0.15, -0.1) is 0 Å². The summed E-state index contributed by atoms with van der Waals surface area (Å²) in [6.45, 7) is 5.20. The molecule has 2 bridgehead atoms. The maximum atomic E-state index is 5.31. The zero-order valence-electron chi connectivity index (χ0n) is 35.0. The first-order valence-corrected chi connectivity index (χ1v) is 22.5. The van der Waals surface area contributed by atoms with Crippen LogP contribution in [0.25, 0.3) is 0 Å². The van der Waals surface area contributed by atoms with Crippen molar-refractivity contribution in [3.63, 3.8) is 0 Å². The molecule has 13 rings (SSSR count). The molecule has 0 N–H and O–H groups in total. The average molecular weight is 825 g/mol. The van der Waals surface area contributed by atoms with Gasteiger partial charge in [-0.05, 0) is 102 Å². The van der Waals surface area contributed by atoms with Crippen molar-refractivity contribution in [2.24, 2.45) is 46.8 Å². The van der Waals surface area contributed by atoms with Gasteiger partial charge in [0.2, 0.25) is 0 Å².